The van der Waals surface area contributed by atoms with Crippen molar-refractivity contribution in [2.75, 3.05) is 0 Å². The molecule has 0 saturated heterocycles. The fourth-order valence-corrected chi connectivity index (χ4v) is 4.92. The molecule has 1 aromatic carbocycles. The van der Waals surface area contributed by atoms with E-state index in [-0.39, 0.29) is 10.8 Å². The summed E-state index contributed by atoms with van der Waals surface area (Å²) in [5, 5.41) is 0. The third-order valence-electron chi connectivity index (χ3n) is 4.25. The second-order valence-corrected chi connectivity index (χ2v) is 9.69. The summed E-state index contributed by atoms with van der Waals surface area (Å²) in [6.45, 7) is 1.84. The van der Waals surface area contributed by atoms with Gasteiger partial charge in [-0.15, -0.1) is 0 Å². The van der Waals surface area contributed by atoms with Crippen molar-refractivity contribution in [3.05, 3.63) is 29.3 Å². The monoisotopic (exact) mass is 384 g/mol. The predicted octanol–water partition coefficient (Wildman–Crippen LogP) is 5.28. The molecule has 1 fully saturated rings. The van der Waals surface area contributed by atoms with Crippen molar-refractivity contribution in [3.63, 3.8) is 0 Å². The molecule has 1 aliphatic carbocycles. The maximum atomic E-state index is 11.7. The van der Waals surface area contributed by atoms with E-state index in [9.17, 15) is 13.0 Å². The van der Waals surface area contributed by atoms with Crippen molar-refractivity contribution < 1.29 is 13.0 Å². The van der Waals surface area contributed by atoms with Crippen LogP contribution in [0.1, 0.15) is 49.1 Å². The van der Waals surface area contributed by atoms with Crippen LogP contribution in [0.5, 0.6) is 0 Å². The first-order chi connectivity index (χ1) is 10.1. The van der Waals surface area contributed by atoms with Crippen LogP contribution in [0, 0.1) is 12.8 Å². The molecule has 0 radical (unpaired) electrons. The Morgan fingerprint density at radius 1 is 1.18 bits per heavy atom. The summed E-state index contributed by atoms with van der Waals surface area (Å²) in [5.74, 6) is -0.474. The average Bonchev–Trinajstić information content (AvgIpc) is 2.37. The average molecular weight is 386 g/mol. The molecular weight excluding hydrogens is 367 g/mol. The van der Waals surface area contributed by atoms with Gasteiger partial charge in [0.1, 0.15) is 0 Å². The topological polar surface area (TPSA) is 54.4 Å². The maximum Gasteiger partial charge on any atom is 0.294 e. The predicted molar refractivity (Wildman–Crippen MR) is 90.6 cm³/mol. The standard InChI is InChI=1S/C15H19Cl3O3S/c1-10-7-8-13(22(19,20)21)12(9-10)14(15(16,17)18)11-5-3-2-4-6-11/h7-9,11,14H,2-6H2,1H3,(H,19,20,21). The van der Waals surface area contributed by atoms with E-state index in [0.717, 1.165) is 37.7 Å². The molecule has 22 heavy (non-hydrogen) atoms. The minimum Gasteiger partial charge on any atom is -0.282 e. The van der Waals surface area contributed by atoms with Gasteiger partial charge in [0.05, 0.1) is 4.90 Å². The number of hydrogen-bond donors (Lipinski definition) is 1. The van der Waals surface area contributed by atoms with E-state index >= 15 is 0 Å². The van der Waals surface area contributed by atoms with Crippen LogP contribution in [0.4, 0.5) is 0 Å². The highest BCUT2D eigenvalue weighted by molar-refractivity contribution is 7.85. The van der Waals surface area contributed by atoms with E-state index in [4.69, 9.17) is 34.8 Å². The summed E-state index contributed by atoms with van der Waals surface area (Å²) >= 11 is 18.6. The third kappa shape index (κ3) is 4.30. The zero-order valence-corrected chi connectivity index (χ0v) is 15.3. The third-order valence-corrected chi connectivity index (χ3v) is 5.89. The van der Waals surface area contributed by atoms with Gasteiger partial charge in [-0.25, -0.2) is 0 Å². The van der Waals surface area contributed by atoms with Crippen LogP contribution in [-0.2, 0) is 10.1 Å². The van der Waals surface area contributed by atoms with Gasteiger partial charge in [0, 0.05) is 5.92 Å². The van der Waals surface area contributed by atoms with Crippen molar-refractivity contribution in [2.24, 2.45) is 5.92 Å². The van der Waals surface area contributed by atoms with Gasteiger partial charge in [-0.3, -0.25) is 4.55 Å². The molecule has 3 nitrogen and oxygen atoms in total. The molecule has 0 spiro atoms. The summed E-state index contributed by atoms with van der Waals surface area (Å²) < 4.78 is 31.3. The lowest BCUT2D eigenvalue weighted by Gasteiger charge is -2.36. The van der Waals surface area contributed by atoms with Crippen LogP contribution >= 0.6 is 34.8 Å². The Labute approximate surface area is 146 Å². The first-order valence-corrected chi connectivity index (χ1v) is 9.83. The number of hydrogen-bond acceptors (Lipinski definition) is 2. The molecule has 2 rings (SSSR count). The van der Waals surface area contributed by atoms with E-state index in [1.165, 1.54) is 6.07 Å². The van der Waals surface area contributed by atoms with Gasteiger partial charge in [-0.1, -0.05) is 71.8 Å². The Hall–Kier alpha value is -0.000000000000000167. The van der Waals surface area contributed by atoms with Crippen LogP contribution in [-0.4, -0.2) is 16.8 Å². The normalized spacial score (nSPS) is 19.1. The molecule has 7 heteroatoms. The van der Waals surface area contributed by atoms with Gasteiger partial charge in [-0.05, 0) is 37.3 Å². The molecule has 0 aromatic heterocycles. The number of halogens is 3. The van der Waals surface area contributed by atoms with Crippen LogP contribution < -0.4 is 0 Å². The molecule has 0 aliphatic heterocycles. The second kappa shape index (κ2) is 6.86. The quantitative estimate of drug-likeness (QED) is 0.569. The SMILES string of the molecule is Cc1ccc(S(=O)(=O)O)c(C(C2CCCCC2)C(Cl)(Cl)Cl)c1. The van der Waals surface area contributed by atoms with E-state index in [1.54, 1.807) is 12.1 Å². The maximum absolute atomic E-state index is 11.7. The zero-order chi connectivity index (χ0) is 16.5. The summed E-state index contributed by atoms with van der Waals surface area (Å²) in [7, 11) is -4.37. The van der Waals surface area contributed by atoms with Gasteiger partial charge in [0.2, 0.25) is 0 Å². The molecule has 0 amide bonds. The van der Waals surface area contributed by atoms with E-state index < -0.39 is 19.8 Å². The lowest BCUT2D eigenvalue weighted by Crippen LogP contribution is -2.29. The number of benzene rings is 1. The fraction of sp³-hybridized carbons (Fsp3) is 0.600. The van der Waals surface area contributed by atoms with Gasteiger partial charge >= 0.3 is 0 Å². The van der Waals surface area contributed by atoms with E-state index in [0.29, 0.717) is 5.56 Å². The van der Waals surface area contributed by atoms with E-state index in [2.05, 4.69) is 0 Å². The van der Waals surface area contributed by atoms with Gasteiger partial charge in [-0.2, -0.15) is 8.42 Å². The fourth-order valence-electron chi connectivity index (χ4n) is 3.31. The van der Waals surface area contributed by atoms with Crippen molar-refractivity contribution in [3.8, 4) is 0 Å². The molecule has 1 atom stereocenters. The minimum absolute atomic E-state index is 0.0866. The number of aryl methyl sites for hydroxylation is 1. The number of alkyl halides is 3. The lowest BCUT2D eigenvalue weighted by molar-refractivity contribution is 0.302. The van der Waals surface area contributed by atoms with Crippen LogP contribution in [0.15, 0.2) is 23.1 Å². The van der Waals surface area contributed by atoms with Crippen molar-refractivity contribution in [1.29, 1.82) is 0 Å². The first-order valence-electron chi connectivity index (χ1n) is 7.25. The zero-order valence-electron chi connectivity index (χ0n) is 12.2. The molecule has 124 valence electrons. The van der Waals surface area contributed by atoms with Crippen molar-refractivity contribution >= 4 is 44.9 Å². The molecule has 0 heterocycles. The summed E-state index contributed by atoms with van der Waals surface area (Å²) in [5.41, 5.74) is 1.26. The summed E-state index contributed by atoms with van der Waals surface area (Å²) in [6.07, 6.45) is 4.99. The Morgan fingerprint density at radius 3 is 2.27 bits per heavy atom. The Kier molecular flexibility index (Phi) is 5.72. The summed E-state index contributed by atoms with van der Waals surface area (Å²) in [6, 6.07) is 4.71. The Morgan fingerprint density at radius 2 is 1.77 bits per heavy atom. The van der Waals surface area contributed by atoms with E-state index in [1.807, 2.05) is 6.92 Å². The first kappa shape index (κ1) is 18.3. The van der Waals surface area contributed by atoms with Crippen molar-refractivity contribution in [2.45, 2.75) is 53.6 Å². The van der Waals surface area contributed by atoms with Crippen LogP contribution in [0.25, 0.3) is 0 Å². The largest absolute Gasteiger partial charge is 0.294 e. The molecule has 1 N–H and O–H groups in total. The molecule has 1 aliphatic rings. The smallest absolute Gasteiger partial charge is 0.282 e. The molecule has 1 unspecified atom stereocenters. The van der Waals surface area contributed by atoms with Gasteiger partial charge in [0.25, 0.3) is 10.1 Å². The Balaban J connectivity index is 2.59. The summed E-state index contributed by atoms with van der Waals surface area (Å²) in [4.78, 5) is -0.167. The molecule has 1 saturated carbocycles. The molecule has 0 bridgehead atoms. The highest BCUT2D eigenvalue weighted by Crippen LogP contribution is 2.51. The lowest BCUT2D eigenvalue weighted by atomic mass is 9.77. The van der Waals surface area contributed by atoms with Crippen LogP contribution in [0.3, 0.4) is 0 Å². The van der Waals surface area contributed by atoms with Crippen LogP contribution in [0.2, 0.25) is 0 Å². The minimum atomic E-state index is -4.37. The number of rotatable bonds is 3. The molecule has 1 aromatic rings. The second-order valence-electron chi connectivity index (χ2n) is 5.93. The molecular formula is C15H19Cl3O3S. The highest BCUT2D eigenvalue weighted by atomic mass is 35.6. The Bertz CT molecular complexity index is 632. The van der Waals surface area contributed by atoms with Gasteiger partial charge in [0.15, 0.2) is 3.79 Å². The highest BCUT2D eigenvalue weighted by Gasteiger charge is 2.42. The van der Waals surface area contributed by atoms with Gasteiger partial charge < -0.3 is 0 Å². The van der Waals surface area contributed by atoms with Crippen molar-refractivity contribution in [1.82, 2.24) is 0 Å².